The van der Waals surface area contributed by atoms with Gasteiger partial charge >= 0.3 is 0 Å². The van der Waals surface area contributed by atoms with Crippen LogP contribution in [0.3, 0.4) is 0 Å². The third-order valence-corrected chi connectivity index (χ3v) is 2.91. The molecular weight excluding hydrogens is 287 g/mol. The van der Waals surface area contributed by atoms with Crippen LogP contribution in [0.15, 0.2) is 22.7 Å². The number of hydrogen-bond acceptors (Lipinski definition) is 5. The quantitative estimate of drug-likeness (QED) is 0.818. The van der Waals surface area contributed by atoms with E-state index in [1.54, 1.807) is 6.07 Å². The van der Waals surface area contributed by atoms with Gasteiger partial charge in [0.15, 0.2) is 11.6 Å². The highest BCUT2D eigenvalue weighted by molar-refractivity contribution is 6.31. The van der Waals surface area contributed by atoms with Gasteiger partial charge in [-0.3, -0.25) is 4.79 Å². The van der Waals surface area contributed by atoms with E-state index in [0.29, 0.717) is 10.6 Å². The number of rotatable bonds is 6. The molecule has 0 saturated heterocycles. The van der Waals surface area contributed by atoms with Crippen LogP contribution in [0.25, 0.3) is 0 Å². The van der Waals surface area contributed by atoms with Gasteiger partial charge in [0.05, 0.1) is 6.42 Å². The lowest BCUT2D eigenvalue weighted by atomic mass is 10.1. The van der Waals surface area contributed by atoms with Crippen molar-refractivity contribution in [1.29, 1.82) is 0 Å². The molecule has 0 aliphatic rings. The molecule has 0 aliphatic carbocycles. The summed E-state index contributed by atoms with van der Waals surface area (Å²) in [6, 6.07) is 4.42. The monoisotopic (exact) mass is 298 g/mol. The molecule has 5 nitrogen and oxygen atoms in total. The molecule has 0 radical (unpaired) electrons. The molecule has 0 saturated carbocycles. The Morgan fingerprint density at radius 2 is 2.30 bits per heavy atom. The molecule has 1 heterocycles. The summed E-state index contributed by atoms with van der Waals surface area (Å²) in [6.45, 7) is -0.0170. The maximum atomic E-state index is 13.6. The Labute approximate surface area is 119 Å². The average Bonchev–Trinajstić information content (AvgIpc) is 2.82. The van der Waals surface area contributed by atoms with Crippen LogP contribution >= 0.6 is 11.6 Å². The SMILES string of the molecule is COCC(=O)Cc1nc(Cc2c(F)cccc2Cl)no1. The Hall–Kier alpha value is -1.79. The molecule has 0 bridgehead atoms. The zero-order valence-corrected chi connectivity index (χ0v) is 11.5. The van der Waals surface area contributed by atoms with E-state index in [1.165, 1.54) is 19.2 Å². The summed E-state index contributed by atoms with van der Waals surface area (Å²) in [4.78, 5) is 15.4. The summed E-state index contributed by atoms with van der Waals surface area (Å²) >= 11 is 5.91. The predicted octanol–water partition coefficient (Wildman–Crippen LogP) is 2.21. The molecule has 106 valence electrons. The van der Waals surface area contributed by atoms with E-state index < -0.39 is 5.82 Å². The summed E-state index contributed by atoms with van der Waals surface area (Å²) in [5.41, 5.74) is 0.296. The summed E-state index contributed by atoms with van der Waals surface area (Å²) < 4.78 is 23.2. The summed E-state index contributed by atoms with van der Waals surface area (Å²) in [6.07, 6.45) is 0.0965. The standard InChI is InChI=1S/C13H12ClFN2O3/c1-19-7-8(18)5-13-16-12(17-20-13)6-9-10(14)3-2-4-11(9)15/h2-4H,5-7H2,1H3. The van der Waals surface area contributed by atoms with Gasteiger partial charge in [-0.15, -0.1) is 0 Å². The molecular formula is C13H12ClFN2O3. The molecule has 7 heteroatoms. The van der Waals surface area contributed by atoms with Gasteiger partial charge in [-0.05, 0) is 12.1 Å². The Morgan fingerprint density at radius 3 is 3.00 bits per heavy atom. The van der Waals surface area contributed by atoms with Crippen molar-refractivity contribution in [3.63, 3.8) is 0 Å². The number of carbonyl (C=O) groups excluding carboxylic acids is 1. The molecule has 1 aromatic heterocycles. The highest BCUT2D eigenvalue weighted by atomic mass is 35.5. The van der Waals surface area contributed by atoms with Crippen molar-refractivity contribution in [3.05, 3.63) is 46.3 Å². The van der Waals surface area contributed by atoms with E-state index in [0.717, 1.165) is 0 Å². The maximum absolute atomic E-state index is 13.6. The first-order valence-corrected chi connectivity index (χ1v) is 6.23. The van der Waals surface area contributed by atoms with Crippen LogP contribution in [-0.2, 0) is 22.4 Å². The smallest absolute Gasteiger partial charge is 0.234 e. The number of ketones is 1. The summed E-state index contributed by atoms with van der Waals surface area (Å²) in [5, 5.41) is 4.00. The second-order valence-electron chi connectivity index (χ2n) is 4.13. The van der Waals surface area contributed by atoms with Crippen molar-refractivity contribution in [1.82, 2.24) is 10.1 Å². The average molecular weight is 299 g/mol. The first-order chi connectivity index (χ1) is 9.60. The highest BCUT2D eigenvalue weighted by Gasteiger charge is 2.14. The summed E-state index contributed by atoms with van der Waals surface area (Å²) in [7, 11) is 1.43. The topological polar surface area (TPSA) is 65.2 Å². The van der Waals surface area contributed by atoms with E-state index in [4.69, 9.17) is 20.9 Å². The number of methoxy groups -OCH3 is 1. The minimum Gasteiger partial charge on any atom is -0.377 e. The first-order valence-electron chi connectivity index (χ1n) is 5.85. The fourth-order valence-electron chi connectivity index (χ4n) is 1.67. The molecule has 0 unspecified atom stereocenters. The van der Waals surface area contributed by atoms with Gasteiger partial charge < -0.3 is 9.26 Å². The number of Topliss-reactive ketones (excluding diaryl/α,β-unsaturated/α-hetero) is 1. The Kier molecular flexibility index (Phi) is 4.81. The van der Waals surface area contributed by atoms with Crippen molar-refractivity contribution in [2.24, 2.45) is 0 Å². The van der Waals surface area contributed by atoms with Gasteiger partial charge in [0, 0.05) is 24.1 Å². The van der Waals surface area contributed by atoms with Crippen molar-refractivity contribution >= 4 is 17.4 Å². The molecule has 2 rings (SSSR count). The lowest BCUT2D eigenvalue weighted by Crippen LogP contribution is -2.09. The van der Waals surface area contributed by atoms with Gasteiger partial charge in [0.25, 0.3) is 0 Å². The molecule has 2 aromatic rings. The molecule has 0 fully saturated rings. The van der Waals surface area contributed by atoms with Crippen LogP contribution in [-0.4, -0.2) is 29.6 Å². The fourth-order valence-corrected chi connectivity index (χ4v) is 1.90. The van der Waals surface area contributed by atoms with Crippen molar-refractivity contribution in [2.45, 2.75) is 12.8 Å². The summed E-state index contributed by atoms with van der Waals surface area (Å²) in [5.74, 6) is -0.155. The molecule has 1 aromatic carbocycles. The zero-order chi connectivity index (χ0) is 14.5. The van der Waals surface area contributed by atoms with Crippen LogP contribution in [0.2, 0.25) is 5.02 Å². The second-order valence-corrected chi connectivity index (χ2v) is 4.54. The van der Waals surface area contributed by atoms with Gasteiger partial charge in [0.1, 0.15) is 12.4 Å². The van der Waals surface area contributed by atoms with Gasteiger partial charge in [-0.2, -0.15) is 4.98 Å². The first kappa shape index (κ1) is 14.6. The van der Waals surface area contributed by atoms with E-state index in [2.05, 4.69) is 10.1 Å². The minimum atomic E-state index is -0.431. The van der Waals surface area contributed by atoms with Crippen LogP contribution in [0.1, 0.15) is 17.3 Å². The second kappa shape index (κ2) is 6.58. The number of ether oxygens (including phenoxy) is 1. The van der Waals surface area contributed by atoms with Gasteiger partial charge in [-0.1, -0.05) is 22.8 Å². The van der Waals surface area contributed by atoms with E-state index >= 15 is 0 Å². The molecule has 0 N–H and O–H groups in total. The largest absolute Gasteiger partial charge is 0.377 e. The van der Waals surface area contributed by atoms with Crippen molar-refractivity contribution < 1.29 is 18.4 Å². The molecule has 0 atom stereocenters. The molecule has 0 aliphatic heterocycles. The maximum Gasteiger partial charge on any atom is 0.234 e. The highest BCUT2D eigenvalue weighted by Crippen LogP contribution is 2.21. The number of nitrogens with zero attached hydrogens (tertiary/aromatic N) is 2. The van der Waals surface area contributed by atoms with Crippen molar-refractivity contribution in [3.8, 4) is 0 Å². The zero-order valence-electron chi connectivity index (χ0n) is 10.7. The van der Waals surface area contributed by atoms with Gasteiger partial charge in [0.2, 0.25) is 5.89 Å². The number of benzene rings is 1. The molecule has 0 spiro atoms. The predicted molar refractivity (Wildman–Crippen MR) is 69.1 cm³/mol. The van der Waals surface area contributed by atoms with Crippen LogP contribution in [0, 0.1) is 5.82 Å². The molecule has 0 amide bonds. The Bertz CT molecular complexity index is 595. The number of aromatic nitrogens is 2. The Morgan fingerprint density at radius 1 is 1.50 bits per heavy atom. The fraction of sp³-hybridized carbons (Fsp3) is 0.308. The Balaban J connectivity index is 2.08. The lowest BCUT2D eigenvalue weighted by molar-refractivity contribution is -0.122. The van der Waals surface area contributed by atoms with E-state index in [1.807, 2.05) is 0 Å². The number of carbonyl (C=O) groups is 1. The third kappa shape index (κ3) is 3.61. The van der Waals surface area contributed by atoms with Crippen LogP contribution in [0.4, 0.5) is 4.39 Å². The number of hydrogen-bond donors (Lipinski definition) is 0. The lowest BCUT2D eigenvalue weighted by Gasteiger charge is -2.01. The van der Waals surface area contributed by atoms with Crippen molar-refractivity contribution in [2.75, 3.05) is 13.7 Å². The third-order valence-electron chi connectivity index (χ3n) is 2.56. The normalized spacial score (nSPS) is 10.8. The van der Waals surface area contributed by atoms with E-state index in [9.17, 15) is 9.18 Å². The molecule has 20 heavy (non-hydrogen) atoms. The van der Waals surface area contributed by atoms with E-state index in [-0.39, 0.29) is 36.9 Å². The van der Waals surface area contributed by atoms with Crippen LogP contribution < -0.4 is 0 Å². The van der Waals surface area contributed by atoms with Gasteiger partial charge in [-0.25, -0.2) is 4.39 Å². The minimum absolute atomic E-state index is 0.00809. The number of halogens is 2. The van der Waals surface area contributed by atoms with Crippen LogP contribution in [0.5, 0.6) is 0 Å².